The van der Waals surface area contributed by atoms with E-state index in [1.807, 2.05) is 54.3 Å². The summed E-state index contributed by atoms with van der Waals surface area (Å²) in [5, 5.41) is 0.985. The van der Waals surface area contributed by atoms with Crippen LogP contribution >= 0.6 is 23.4 Å². The molecule has 146 valence electrons. The van der Waals surface area contributed by atoms with Crippen molar-refractivity contribution in [2.45, 2.75) is 24.6 Å². The van der Waals surface area contributed by atoms with Crippen LogP contribution in [-0.4, -0.2) is 42.3 Å². The number of benzene rings is 2. The van der Waals surface area contributed by atoms with E-state index < -0.39 is 9.84 Å². The first-order chi connectivity index (χ1) is 13.3. The second kappa shape index (κ2) is 7.54. The zero-order chi connectivity index (χ0) is 19.9. The van der Waals surface area contributed by atoms with Crippen molar-refractivity contribution in [1.29, 1.82) is 0 Å². The minimum Gasteiger partial charge on any atom is -0.316 e. The van der Waals surface area contributed by atoms with Crippen LogP contribution in [0.15, 0.2) is 53.5 Å². The molecule has 0 N–H and O–H groups in total. The van der Waals surface area contributed by atoms with Crippen molar-refractivity contribution < 1.29 is 13.2 Å². The molecule has 2 aromatic rings. The van der Waals surface area contributed by atoms with E-state index in [1.165, 1.54) is 11.8 Å². The number of carbonyl (C=O) groups is 1. The van der Waals surface area contributed by atoms with Crippen molar-refractivity contribution in [3.8, 4) is 0 Å². The Kier molecular flexibility index (Phi) is 5.24. The van der Waals surface area contributed by atoms with Crippen molar-refractivity contribution in [2.75, 3.05) is 16.4 Å². The molecule has 0 unspecified atom stereocenters. The van der Waals surface area contributed by atoms with Crippen LogP contribution in [0.1, 0.15) is 11.1 Å². The van der Waals surface area contributed by atoms with Gasteiger partial charge in [0.1, 0.15) is 0 Å². The van der Waals surface area contributed by atoms with E-state index in [1.54, 1.807) is 6.07 Å². The van der Waals surface area contributed by atoms with Gasteiger partial charge in [-0.05, 0) is 36.2 Å². The summed E-state index contributed by atoms with van der Waals surface area (Å²) in [6, 6.07) is 14.8. The summed E-state index contributed by atoms with van der Waals surface area (Å²) >= 11 is 7.53. The molecule has 2 atom stereocenters. The molecule has 2 aromatic carbocycles. The van der Waals surface area contributed by atoms with E-state index in [-0.39, 0.29) is 35.1 Å². The van der Waals surface area contributed by atoms with Crippen LogP contribution in [-0.2, 0) is 21.1 Å². The molecule has 0 radical (unpaired) electrons. The number of carbonyl (C=O) groups excluding carboxylic acids is 1. The number of sulfone groups is 1. The molecule has 1 amide bonds. The van der Waals surface area contributed by atoms with Gasteiger partial charge < -0.3 is 4.90 Å². The number of thioether (sulfide) groups is 1. The summed E-state index contributed by atoms with van der Waals surface area (Å²) in [5.74, 6) is -0.102. The summed E-state index contributed by atoms with van der Waals surface area (Å²) in [6.07, 6.45) is 0.110. The van der Waals surface area contributed by atoms with E-state index in [9.17, 15) is 13.2 Å². The number of halogens is 1. The maximum Gasteiger partial charge on any atom is 0.252 e. The number of fused-ring (bicyclic) bond motifs is 1. The molecule has 0 aromatic heterocycles. The van der Waals surface area contributed by atoms with E-state index in [4.69, 9.17) is 11.6 Å². The lowest BCUT2D eigenvalue weighted by Gasteiger charge is -2.24. The molecule has 2 aliphatic rings. The first-order valence-corrected chi connectivity index (χ1v) is 12.0. The number of hydrogen-bond acceptors (Lipinski definition) is 4. The maximum absolute atomic E-state index is 12.6. The van der Waals surface area contributed by atoms with Gasteiger partial charge in [0.2, 0.25) is 0 Å². The van der Waals surface area contributed by atoms with Gasteiger partial charge in [0.05, 0.1) is 24.0 Å². The van der Waals surface area contributed by atoms with Gasteiger partial charge in [0.15, 0.2) is 15.0 Å². The number of amides is 1. The van der Waals surface area contributed by atoms with Crippen molar-refractivity contribution in [1.82, 2.24) is 0 Å². The molecular formula is C20H19ClN2O3S2. The first kappa shape index (κ1) is 19.5. The third kappa shape index (κ3) is 3.97. The molecule has 2 aliphatic heterocycles. The van der Waals surface area contributed by atoms with E-state index >= 15 is 0 Å². The second-order valence-corrected chi connectivity index (χ2v) is 10.8. The first-order valence-electron chi connectivity index (χ1n) is 8.90. The molecule has 4 rings (SSSR count). The smallest absolute Gasteiger partial charge is 0.252 e. The summed E-state index contributed by atoms with van der Waals surface area (Å²) in [7, 11) is -3.08. The average Bonchev–Trinajstić information content (AvgIpc) is 3.07. The van der Waals surface area contributed by atoms with Gasteiger partial charge in [0, 0.05) is 16.0 Å². The topological polar surface area (TPSA) is 66.8 Å². The van der Waals surface area contributed by atoms with Gasteiger partial charge in [0.25, 0.3) is 5.91 Å². The van der Waals surface area contributed by atoms with Crippen molar-refractivity contribution in [2.24, 2.45) is 4.99 Å². The lowest BCUT2D eigenvalue weighted by atomic mass is 10.1. The molecule has 0 aliphatic carbocycles. The Bertz CT molecular complexity index is 1070. The standard InChI is InChI=1S/C20H19ClN2O3S2/c1-13-5-4-7-15(9-13)23-17-11-28(25,26)12-18(17)27-20(23)22-19(24)10-14-6-2-3-8-16(14)21/h2-9,17-18H,10-12H2,1H3/t17-,18+/m0/s1. The molecule has 0 bridgehead atoms. The maximum atomic E-state index is 12.6. The van der Waals surface area contributed by atoms with Crippen LogP contribution in [0.5, 0.6) is 0 Å². The Morgan fingerprint density at radius 2 is 2.00 bits per heavy atom. The monoisotopic (exact) mass is 434 g/mol. The Morgan fingerprint density at radius 1 is 1.21 bits per heavy atom. The molecular weight excluding hydrogens is 416 g/mol. The van der Waals surface area contributed by atoms with Crippen molar-refractivity contribution in [3.05, 3.63) is 64.7 Å². The van der Waals surface area contributed by atoms with Gasteiger partial charge in [-0.3, -0.25) is 4.79 Å². The molecule has 2 heterocycles. The zero-order valence-electron chi connectivity index (χ0n) is 15.2. The number of rotatable bonds is 3. The Labute approximate surface area is 173 Å². The third-order valence-corrected chi connectivity index (χ3v) is 8.44. The fourth-order valence-electron chi connectivity index (χ4n) is 3.60. The largest absolute Gasteiger partial charge is 0.316 e. The number of anilines is 1. The molecule has 28 heavy (non-hydrogen) atoms. The quantitative estimate of drug-likeness (QED) is 0.739. The van der Waals surface area contributed by atoms with E-state index in [0.29, 0.717) is 10.2 Å². The van der Waals surface area contributed by atoms with Gasteiger partial charge in [-0.1, -0.05) is 53.7 Å². The number of nitrogens with zero attached hydrogens (tertiary/aromatic N) is 2. The van der Waals surface area contributed by atoms with Crippen LogP contribution in [0.25, 0.3) is 0 Å². The highest BCUT2D eigenvalue weighted by Crippen LogP contribution is 2.41. The van der Waals surface area contributed by atoms with Crippen molar-refractivity contribution >= 4 is 50.0 Å². The lowest BCUT2D eigenvalue weighted by Crippen LogP contribution is -2.37. The van der Waals surface area contributed by atoms with Gasteiger partial charge in [-0.25, -0.2) is 8.42 Å². The van der Waals surface area contributed by atoms with Crippen LogP contribution in [0.3, 0.4) is 0 Å². The highest BCUT2D eigenvalue weighted by Gasteiger charge is 2.49. The minimum absolute atomic E-state index is 0.0797. The number of hydrogen-bond donors (Lipinski definition) is 0. The fraction of sp³-hybridized carbons (Fsp3) is 0.300. The summed E-state index contributed by atoms with van der Waals surface area (Å²) < 4.78 is 24.3. The predicted molar refractivity (Wildman–Crippen MR) is 115 cm³/mol. The molecule has 0 spiro atoms. The van der Waals surface area contributed by atoms with E-state index in [0.717, 1.165) is 16.8 Å². The van der Waals surface area contributed by atoms with Crippen LogP contribution in [0.4, 0.5) is 5.69 Å². The van der Waals surface area contributed by atoms with Gasteiger partial charge in [-0.2, -0.15) is 4.99 Å². The predicted octanol–water partition coefficient (Wildman–Crippen LogP) is 3.49. The molecule has 0 saturated carbocycles. The molecule has 2 saturated heterocycles. The lowest BCUT2D eigenvalue weighted by molar-refractivity contribution is -0.117. The summed E-state index contributed by atoms with van der Waals surface area (Å²) in [6.45, 7) is 1.98. The average molecular weight is 435 g/mol. The van der Waals surface area contributed by atoms with Gasteiger partial charge in [-0.15, -0.1) is 0 Å². The summed E-state index contributed by atoms with van der Waals surface area (Å²) in [4.78, 5) is 18.9. The molecule has 5 nitrogen and oxygen atoms in total. The van der Waals surface area contributed by atoms with Gasteiger partial charge >= 0.3 is 0 Å². The minimum atomic E-state index is -3.08. The van der Waals surface area contributed by atoms with Crippen LogP contribution in [0.2, 0.25) is 5.02 Å². The van der Waals surface area contributed by atoms with Crippen LogP contribution in [0, 0.1) is 6.92 Å². The number of aryl methyl sites for hydroxylation is 1. The Hall–Kier alpha value is -1.83. The highest BCUT2D eigenvalue weighted by molar-refractivity contribution is 8.16. The highest BCUT2D eigenvalue weighted by atomic mass is 35.5. The number of aliphatic imine (C=N–C) groups is 1. The number of amidine groups is 1. The second-order valence-electron chi connectivity index (χ2n) is 7.07. The Balaban J connectivity index is 1.66. The fourth-order valence-corrected chi connectivity index (χ4v) is 7.73. The normalized spacial score (nSPS) is 24.5. The van der Waals surface area contributed by atoms with E-state index in [2.05, 4.69) is 4.99 Å². The third-order valence-electron chi connectivity index (χ3n) is 4.87. The Morgan fingerprint density at radius 3 is 2.75 bits per heavy atom. The summed E-state index contributed by atoms with van der Waals surface area (Å²) in [5.41, 5.74) is 2.65. The zero-order valence-corrected chi connectivity index (χ0v) is 17.6. The van der Waals surface area contributed by atoms with Crippen LogP contribution < -0.4 is 4.90 Å². The SMILES string of the molecule is Cc1cccc(N2C(=NC(=O)Cc3ccccc3Cl)S[C@@H]3CS(=O)(=O)C[C@@H]32)c1. The molecule has 8 heteroatoms. The van der Waals surface area contributed by atoms with Crippen molar-refractivity contribution in [3.63, 3.8) is 0 Å². The molecule has 2 fully saturated rings.